The van der Waals surface area contributed by atoms with Gasteiger partial charge in [0.1, 0.15) is 5.52 Å². The fourth-order valence-electron chi connectivity index (χ4n) is 4.22. The van der Waals surface area contributed by atoms with E-state index in [9.17, 15) is 0 Å². The predicted octanol–water partition coefficient (Wildman–Crippen LogP) is 4.24. The zero-order valence-corrected chi connectivity index (χ0v) is 16.1. The Balaban J connectivity index is 1.28. The highest BCUT2D eigenvalue weighted by Gasteiger charge is 2.31. The maximum absolute atomic E-state index is 6.11. The number of anilines is 2. The molecule has 0 saturated carbocycles. The molecule has 3 aromatic rings. The Morgan fingerprint density at radius 2 is 1.89 bits per heavy atom. The summed E-state index contributed by atoms with van der Waals surface area (Å²) in [5.74, 6) is 0. The minimum atomic E-state index is 0.563. The molecule has 0 aliphatic carbocycles. The highest BCUT2D eigenvalue weighted by molar-refractivity contribution is 5.79. The van der Waals surface area contributed by atoms with E-state index in [0.717, 1.165) is 42.4 Å². The topological polar surface area (TPSA) is 44.5 Å². The van der Waals surface area contributed by atoms with Gasteiger partial charge in [-0.25, -0.2) is 0 Å². The van der Waals surface area contributed by atoms with Crippen molar-refractivity contribution >= 4 is 28.9 Å². The van der Waals surface area contributed by atoms with Gasteiger partial charge in [-0.2, -0.15) is 4.98 Å². The van der Waals surface area contributed by atoms with Crippen molar-refractivity contribution in [3.05, 3.63) is 60.2 Å². The van der Waals surface area contributed by atoms with Gasteiger partial charge in [0.15, 0.2) is 5.58 Å². The quantitative estimate of drug-likeness (QED) is 0.724. The fraction of sp³-hybridized carbons (Fsp3) is 0.348. The van der Waals surface area contributed by atoms with Gasteiger partial charge in [-0.05, 0) is 36.6 Å². The molecule has 3 aliphatic heterocycles. The third-order valence-electron chi connectivity index (χ3n) is 5.81. The van der Waals surface area contributed by atoms with E-state index in [0.29, 0.717) is 6.04 Å². The van der Waals surface area contributed by atoms with Crippen molar-refractivity contribution in [3.63, 3.8) is 0 Å². The van der Waals surface area contributed by atoms with Gasteiger partial charge in [0.2, 0.25) is 0 Å². The number of oxazole rings is 1. The van der Waals surface area contributed by atoms with E-state index in [1.54, 1.807) is 0 Å². The van der Waals surface area contributed by atoms with E-state index in [4.69, 9.17) is 9.40 Å². The number of nitrogens with one attached hydrogen (secondary N) is 1. The molecule has 0 amide bonds. The van der Waals surface area contributed by atoms with E-state index in [1.165, 1.54) is 31.5 Å². The van der Waals surface area contributed by atoms with E-state index >= 15 is 0 Å². The minimum Gasteiger partial charge on any atom is -0.423 e. The van der Waals surface area contributed by atoms with Crippen LogP contribution in [-0.2, 0) is 0 Å². The number of rotatable bonds is 5. The summed E-state index contributed by atoms with van der Waals surface area (Å²) in [6.07, 6.45) is 6.68. The smallest absolute Gasteiger partial charge is 0.298 e. The van der Waals surface area contributed by atoms with Gasteiger partial charge < -0.3 is 19.5 Å². The number of hydrogen-bond acceptors (Lipinski definition) is 5. The summed E-state index contributed by atoms with van der Waals surface area (Å²) in [4.78, 5) is 9.74. The third kappa shape index (κ3) is 3.62. The molecule has 2 aromatic carbocycles. The van der Waals surface area contributed by atoms with Crippen LogP contribution in [0.3, 0.4) is 0 Å². The zero-order chi connectivity index (χ0) is 18.8. The molecule has 5 heteroatoms. The van der Waals surface area contributed by atoms with Gasteiger partial charge in [0, 0.05) is 44.5 Å². The summed E-state index contributed by atoms with van der Waals surface area (Å²) in [6.45, 7) is 5.29. The van der Waals surface area contributed by atoms with E-state index < -0.39 is 0 Å². The Labute approximate surface area is 165 Å². The normalized spacial score (nSPS) is 22.1. The lowest BCUT2D eigenvalue weighted by Crippen LogP contribution is -2.38. The van der Waals surface area contributed by atoms with E-state index in [-0.39, 0.29) is 0 Å². The van der Waals surface area contributed by atoms with E-state index in [1.807, 2.05) is 12.1 Å². The Morgan fingerprint density at radius 1 is 1.04 bits per heavy atom. The predicted molar refractivity (Wildman–Crippen MR) is 115 cm³/mol. The van der Waals surface area contributed by atoms with Crippen LogP contribution in [0, 0.1) is 0 Å². The van der Waals surface area contributed by atoms with Crippen LogP contribution in [0.5, 0.6) is 0 Å². The molecular formula is C23H26N4O. The molecule has 5 nitrogen and oxygen atoms in total. The number of benzene rings is 2. The zero-order valence-electron chi connectivity index (χ0n) is 16.1. The summed E-state index contributed by atoms with van der Waals surface area (Å²) in [5, 5.41) is 3.44. The molecule has 0 unspecified atom stereocenters. The molecule has 0 atom stereocenters. The number of fused-ring (bicyclic) bond motifs is 5. The molecule has 4 heterocycles. The Morgan fingerprint density at radius 3 is 2.75 bits per heavy atom. The Hall–Kier alpha value is -2.79. The second kappa shape index (κ2) is 7.68. The first-order valence-electron chi connectivity index (χ1n) is 10.2. The molecule has 28 heavy (non-hydrogen) atoms. The number of aromatic nitrogens is 1. The highest BCUT2D eigenvalue weighted by atomic mass is 16.4. The standard InChI is InChI=1S/C23H26N4O/c1-2-5-18(6-3-1)7-4-12-24-19-8-9-22-21(17-19)25-23(28-22)27-16-15-26-13-10-20(27)11-14-26/h1-9,17,20,24H,10-16H2/b7-4+. The van der Waals surface area contributed by atoms with Crippen molar-refractivity contribution in [3.8, 4) is 0 Å². The summed E-state index contributed by atoms with van der Waals surface area (Å²) in [7, 11) is 0. The Bertz CT molecular complexity index is 957. The monoisotopic (exact) mass is 374 g/mol. The SMILES string of the molecule is C(=C\c1ccccc1)/CNc1ccc2oc(N3CCN4CCC3CC4)nc2c1. The van der Waals surface area contributed by atoms with Gasteiger partial charge in [-0.15, -0.1) is 0 Å². The lowest BCUT2D eigenvalue weighted by Gasteiger charge is -2.30. The highest BCUT2D eigenvalue weighted by Crippen LogP contribution is 2.30. The molecule has 2 bridgehead atoms. The molecule has 3 saturated heterocycles. The largest absolute Gasteiger partial charge is 0.423 e. The van der Waals surface area contributed by atoms with Crippen LogP contribution in [0.15, 0.2) is 59.0 Å². The first kappa shape index (κ1) is 17.3. The molecule has 1 N–H and O–H groups in total. The first-order valence-corrected chi connectivity index (χ1v) is 10.2. The first-order chi connectivity index (χ1) is 13.8. The lowest BCUT2D eigenvalue weighted by atomic mass is 10.1. The summed E-state index contributed by atoms with van der Waals surface area (Å²) in [6, 6.07) is 17.9. The summed E-state index contributed by atoms with van der Waals surface area (Å²) >= 11 is 0. The third-order valence-corrected chi connectivity index (χ3v) is 5.81. The van der Waals surface area contributed by atoms with Gasteiger partial charge in [0.25, 0.3) is 6.01 Å². The fourth-order valence-corrected chi connectivity index (χ4v) is 4.22. The van der Waals surface area contributed by atoms with Crippen LogP contribution in [0.25, 0.3) is 17.2 Å². The molecule has 0 radical (unpaired) electrons. The summed E-state index contributed by atoms with van der Waals surface area (Å²) < 4.78 is 6.11. The molecule has 1 aromatic heterocycles. The molecule has 0 spiro atoms. The maximum atomic E-state index is 6.11. The molecule has 144 valence electrons. The van der Waals surface area contributed by atoms with Crippen molar-refractivity contribution in [1.82, 2.24) is 9.88 Å². The van der Waals surface area contributed by atoms with Gasteiger partial charge in [-0.3, -0.25) is 0 Å². The van der Waals surface area contributed by atoms with Crippen LogP contribution < -0.4 is 10.2 Å². The van der Waals surface area contributed by atoms with Crippen LogP contribution in [0.1, 0.15) is 18.4 Å². The maximum Gasteiger partial charge on any atom is 0.298 e. The minimum absolute atomic E-state index is 0.563. The van der Waals surface area contributed by atoms with Gasteiger partial charge in [-0.1, -0.05) is 42.5 Å². The van der Waals surface area contributed by atoms with Crippen molar-refractivity contribution < 1.29 is 4.42 Å². The number of hydrogen-bond donors (Lipinski definition) is 1. The lowest BCUT2D eigenvalue weighted by molar-refractivity contribution is 0.249. The van der Waals surface area contributed by atoms with Crippen LogP contribution in [0.2, 0.25) is 0 Å². The van der Waals surface area contributed by atoms with Crippen LogP contribution in [0.4, 0.5) is 11.7 Å². The molecule has 6 rings (SSSR count). The van der Waals surface area contributed by atoms with Crippen molar-refractivity contribution in [2.24, 2.45) is 0 Å². The summed E-state index contributed by atoms with van der Waals surface area (Å²) in [5.41, 5.74) is 4.06. The average molecular weight is 374 g/mol. The van der Waals surface area contributed by atoms with Gasteiger partial charge >= 0.3 is 0 Å². The average Bonchev–Trinajstić information content (AvgIpc) is 2.92. The second-order valence-corrected chi connectivity index (χ2v) is 7.64. The van der Waals surface area contributed by atoms with Crippen LogP contribution >= 0.6 is 0 Å². The Kier molecular flexibility index (Phi) is 4.75. The second-order valence-electron chi connectivity index (χ2n) is 7.64. The van der Waals surface area contributed by atoms with Crippen LogP contribution in [-0.4, -0.2) is 48.6 Å². The van der Waals surface area contributed by atoms with Crippen molar-refractivity contribution in [2.45, 2.75) is 18.9 Å². The molecular weight excluding hydrogens is 348 g/mol. The number of nitrogens with zero attached hydrogens (tertiary/aromatic N) is 3. The molecule has 3 aliphatic rings. The number of piperidine rings is 1. The van der Waals surface area contributed by atoms with Crippen molar-refractivity contribution in [2.75, 3.05) is 42.9 Å². The van der Waals surface area contributed by atoms with Crippen molar-refractivity contribution in [1.29, 1.82) is 0 Å². The van der Waals surface area contributed by atoms with Gasteiger partial charge in [0.05, 0.1) is 0 Å². The molecule has 3 fully saturated rings. The van der Waals surface area contributed by atoms with E-state index in [2.05, 4.69) is 63.7 Å².